The lowest BCUT2D eigenvalue weighted by Crippen LogP contribution is -2.20. The van der Waals surface area contributed by atoms with Gasteiger partial charge in [-0.25, -0.2) is 4.99 Å². The Morgan fingerprint density at radius 1 is 0.788 bits per heavy atom. The molecular weight excluding hydrogens is 408 g/mol. The molecule has 0 aliphatic heterocycles. The first-order valence-corrected chi connectivity index (χ1v) is 12.3. The Balaban J connectivity index is 2.44. The summed E-state index contributed by atoms with van der Waals surface area (Å²) in [7, 11) is 0. The molecule has 0 aromatic heterocycles. The van der Waals surface area contributed by atoms with Crippen LogP contribution >= 0.6 is 0 Å². The third kappa shape index (κ3) is 6.93. The molecule has 0 atom stereocenters. The van der Waals surface area contributed by atoms with Gasteiger partial charge in [0.1, 0.15) is 6.42 Å². The van der Waals surface area contributed by atoms with Crippen molar-refractivity contribution in [2.24, 2.45) is 4.99 Å². The van der Waals surface area contributed by atoms with E-state index in [1.165, 1.54) is 11.1 Å². The lowest BCUT2D eigenvalue weighted by atomic mass is 9.92. The van der Waals surface area contributed by atoms with Crippen molar-refractivity contribution in [2.45, 2.75) is 92.4 Å². The van der Waals surface area contributed by atoms with Crippen molar-refractivity contribution in [1.29, 1.82) is 0 Å². The molecule has 0 spiro atoms. The smallest absolute Gasteiger partial charge is 0.233 e. The van der Waals surface area contributed by atoms with Crippen LogP contribution in [0.2, 0.25) is 0 Å². The Kier molecular flexibility index (Phi) is 9.70. The fraction of sp³-hybridized carbons (Fsp3) is 0.517. The summed E-state index contributed by atoms with van der Waals surface area (Å²) in [6.07, 6.45) is 0.0990. The summed E-state index contributed by atoms with van der Waals surface area (Å²) in [5.74, 6) is 1.62. The van der Waals surface area contributed by atoms with Crippen molar-refractivity contribution >= 4 is 23.2 Å². The first-order chi connectivity index (χ1) is 15.6. The van der Waals surface area contributed by atoms with Gasteiger partial charge in [0.25, 0.3) is 0 Å². The van der Waals surface area contributed by atoms with Gasteiger partial charge in [-0.2, -0.15) is 0 Å². The van der Waals surface area contributed by atoms with Crippen molar-refractivity contribution in [3.05, 3.63) is 58.7 Å². The molecule has 0 bridgehead atoms. The Labute approximate surface area is 200 Å². The van der Waals surface area contributed by atoms with Crippen LogP contribution in [0.1, 0.15) is 115 Å². The molecule has 2 aromatic carbocycles. The van der Waals surface area contributed by atoms with Gasteiger partial charge >= 0.3 is 0 Å². The largest absolute Gasteiger partial charge is 0.481 e. The topological polar surface area (TPSA) is 50.7 Å². The van der Waals surface area contributed by atoms with Gasteiger partial charge in [-0.3, -0.25) is 4.79 Å². The molecule has 180 valence electrons. The summed E-state index contributed by atoms with van der Waals surface area (Å²) in [6, 6.07) is 12.6. The normalized spacial score (nSPS) is 12.2. The van der Waals surface area contributed by atoms with E-state index in [4.69, 9.17) is 9.73 Å². The molecule has 0 saturated carbocycles. The number of para-hydroxylation sites is 2. The minimum atomic E-state index is -0.106. The van der Waals surface area contributed by atoms with E-state index in [1.54, 1.807) is 0 Å². The molecule has 0 aliphatic carbocycles. The number of carbonyl (C=O) groups excluding carboxylic acids is 1. The highest BCUT2D eigenvalue weighted by Crippen LogP contribution is 2.35. The molecule has 1 amide bonds. The molecule has 0 radical (unpaired) electrons. The average Bonchev–Trinajstić information content (AvgIpc) is 2.73. The van der Waals surface area contributed by atoms with Crippen LogP contribution < -0.4 is 5.32 Å². The second kappa shape index (κ2) is 12.0. The lowest BCUT2D eigenvalue weighted by molar-refractivity contribution is -0.115. The standard InChI is InChI=1S/C29H42N2O2/c1-10-33-27(31-29-24(20(6)7)15-12-16-25(29)21(8)9)17-26(32)30-28-22(18(2)3)13-11-14-23(28)19(4)5/h11-16,18-21H,10,17H2,1-9H3,(H,30,32). The third-order valence-electron chi connectivity index (χ3n) is 5.84. The molecular formula is C29H42N2O2. The molecule has 0 fully saturated rings. The maximum Gasteiger partial charge on any atom is 0.233 e. The van der Waals surface area contributed by atoms with E-state index >= 15 is 0 Å². The van der Waals surface area contributed by atoms with Crippen LogP contribution in [0, 0.1) is 0 Å². The van der Waals surface area contributed by atoms with Crippen LogP contribution in [-0.2, 0) is 9.53 Å². The van der Waals surface area contributed by atoms with Crippen LogP contribution in [0.4, 0.5) is 11.4 Å². The number of aliphatic imine (C=N–C) groups is 1. The highest BCUT2D eigenvalue weighted by molar-refractivity contribution is 6.05. The van der Waals surface area contributed by atoms with E-state index in [9.17, 15) is 4.79 Å². The zero-order chi connectivity index (χ0) is 24.7. The molecule has 2 rings (SSSR count). The molecule has 33 heavy (non-hydrogen) atoms. The Hall–Kier alpha value is -2.62. The van der Waals surface area contributed by atoms with E-state index in [1.807, 2.05) is 6.92 Å². The minimum absolute atomic E-state index is 0.0990. The quantitative estimate of drug-likeness (QED) is 0.309. The van der Waals surface area contributed by atoms with Gasteiger partial charge in [0.15, 0.2) is 5.90 Å². The highest BCUT2D eigenvalue weighted by atomic mass is 16.5. The van der Waals surface area contributed by atoms with Gasteiger partial charge < -0.3 is 10.1 Å². The van der Waals surface area contributed by atoms with E-state index in [-0.39, 0.29) is 12.3 Å². The van der Waals surface area contributed by atoms with E-state index < -0.39 is 0 Å². The monoisotopic (exact) mass is 450 g/mol. The van der Waals surface area contributed by atoms with E-state index in [0.717, 1.165) is 22.5 Å². The van der Waals surface area contributed by atoms with Crippen molar-refractivity contribution in [1.82, 2.24) is 0 Å². The predicted octanol–water partition coefficient (Wildman–Crippen LogP) is 8.28. The number of hydrogen-bond donors (Lipinski definition) is 1. The number of anilines is 1. The van der Waals surface area contributed by atoms with Gasteiger partial charge in [0, 0.05) is 5.69 Å². The summed E-state index contributed by atoms with van der Waals surface area (Å²) in [6.45, 7) is 19.7. The fourth-order valence-electron chi connectivity index (χ4n) is 4.07. The second-order valence-electron chi connectivity index (χ2n) is 9.88. The highest BCUT2D eigenvalue weighted by Gasteiger charge is 2.19. The van der Waals surface area contributed by atoms with Gasteiger partial charge in [-0.1, -0.05) is 91.8 Å². The van der Waals surface area contributed by atoms with Gasteiger partial charge in [-0.15, -0.1) is 0 Å². The van der Waals surface area contributed by atoms with Crippen molar-refractivity contribution in [3.63, 3.8) is 0 Å². The number of amides is 1. The van der Waals surface area contributed by atoms with Crippen LogP contribution in [-0.4, -0.2) is 18.4 Å². The van der Waals surface area contributed by atoms with Crippen molar-refractivity contribution < 1.29 is 9.53 Å². The number of rotatable bonds is 9. The summed E-state index contributed by atoms with van der Waals surface area (Å²) in [4.78, 5) is 18.1. The molecule has 1 N–H and O–H groups in total. The van der Waals surface area contributed by atoms with Crippen molar-refractivity contribution in [2.75, 3.05) is 11.9 Å². The molecule has 2 aromatic rings. The molecule has 4 heteroatoms. The average molecular weight is 451 g/mol. The number of hydrogen-bond acceptors (Lipinski definition) is 3. The van der Waals surface area contributed by atoms with Crippen LogP contribution in [0.3, 0.4) is 0 Å². The summed E-state index contributed by atoms with van der Waals surface area (Å²) in [5, 5.41) is 3.19. The molecule has 0 unspecified atom stereocenters. The maximum absolute atomic E-state index is 13.2. The van der Waals surface area contributed by atoms with Crippen LogP contribution in [0.5, 0.6) is 0 Å². The van der Waals surface area contributed by atoms with E-state index in [0.29, 0.717) is 36.2 Å². The fourth-order valence-corrected chi connectivity index (χ4v) is 4.07. The number of benzene rings is 2. The Morgan fingerprint density at radius 3 is 1.61 bits per heavy atom. The summed E-state index contributed by atoms with van der Waals surface area (Å²) >= 11 is 0. The van der Waals surface area contributed by atoms with Gasteiger partial charge in [0.2, 0.25) is 5.91 Å². The zero-order valence-electron chi connectivity index (χ0n) is 22.0. The number of ether oxygens (including phenoxy) is 1. The predicted molar refractivity (Wildman–Crippen MR) is 141 cm³/mol. The van der Waals surface area contributed by atoms with Crippen LogP contribution in [0.15, 0.2) is 41.4 Å². The number of carbonyl (C=O) groups is 1. The van der Waals surface area contributed by atoms with Crippen LogP contribution in [0.25, 0.3) is 0 Å². The SMILES string of the molecule is CCOC(CC(=O)Nc1c(C(C)C)cccc1C(C)C)=Nc1c(C(C)C)cccc1C(C)C. The first kappa shape index (κ1) is 26.6. The van der Waals surface area contributed by atoms with Crippen molar-refractivity contribution in [3.8, 4) is 0 Å². The minimum Gasteiger partial charge on any atom is -0.481 e. The third-order valence-corrected chi connectivity index (χ3v) is 5.84. The van der Waals surface area contributed by atoms with Gasteiger partial charge in [-0.05, 0) is 52.8 Å². The lowest BCUT2D eigenvalue weighted by Gasteiger charge is -2.21. The van der Waals surface area contributed by atoms with Gasteiger partial charge in [0.05, 0.1) is 12.3 Å². The number of nitrogens with zero attached hydrogens (tertiary/aromatic N) is 1. The first-order valence-electron chi connectivity index (χ1n) is 12.3. The van der Waals surface area contributed by atoms with E-state index in [2.05, 4.69) is 97.1 Å². The molecule has 0 heterocycles. The molecule has 0 saturated heterocycles. The molecule has 4 nitrogen and oxygen atoms in total. The Bertz CT molecular complexity index is 919. The zero-order valence-corrected chi connectivity index (χ0v) is 22.0. The maximum atomic E-state index is 13.2. The summed E-state index contributed by atoms with van der Waals surface area (Å²) in [5.41, 5.74) is 6.50. The number of nitrogens with one attached hydrogen (secondary N) is 1. The Morgan fingerprint density at radius 2 is 1.21 bits per heavy atom. The summed E-state index contributed by atoms with van der Waals surface area (Å²) < 4.78 is 5.87. The second-order valence-corrected chi connectivity index (χ2v) is 9.88. The molecule has 0 aliphatic rings.